The third kappa shape index (κ3) is 4.63. The first-order valence-electron chi connectivity index (χ1n) is 9.52. The Kier molecular flexibility index (Phi) is 5.65. The molecule has 1 aliphatic heterocycles. The largest absolute Gasteiger partial charge is 0.505 e. The molecule has 0 radical (unpaired) electrons. The number of phenols is 1. The lowest BCUT2D eigenvalue weighted by atomic mass is 9.85. The van der Waals surface area contributed by atoms with Crippen LogP contribution in [0, 0.1) is 10.1 Å². The number of carbonyl (C=O) groups is 3. The predicted octanol–water partition coefficient (Wildman–Crippen LogP) is 3.30. The van der Waals surface area contributed by atoms with Crippen LogP contribution in [0.4, 0.5) is 21.9 Å². The molecule has 1 fully saturated rings. The monoisotopic (exact) mass is 426 g/mol. The maximum absolute atomic E-state index is 12.7. The highest BCUT2D eigenvalue weighted by Gasteiger charge is 2.28. The Morgan fingerprint density at radius 3 is 2.39 bits per heavy atom. The van der Waals surface area contributed by atoms with Gasteiger partial charge in [-0.15, -0.1) is 0 Å². The minimum atomic E-state index is -0.588. The average molecular weight is 426 g/mol. The first-order valence-corrected chi connectivity index (χ1v) is 9.52. The number of nitrogens with zero attached hydrogens (tertiary/aromatic N) is 2. The Hall–Kier alpha value is -3.95. The smallest absolute Gasteiger partial charge is 0.328 e. The Bertz CT molecular complexity index is 1070. The SMILES string of the molecule is CC(C)(C)c1cc(N2CCC(=O)NC2=O)cc(NC(=O)c2ccc([N+](=O)[O-])cc2)c1O. The maximum atomic E-state index is 12.7. The van der Waals surface area contributed by atoms with Gasteiger partial charge in [0, 0.05) is 41.9 Å². The molecule has 1 saturated heterocycles. The van der Waals surface area contributed by atoms with Crippen molar-refractivity contribution >= 4 is 34.9 Å². The van der Waals surface area contributed by atoms with Crippen molar-refractivity contribution in [2.45, 2.75) is 32.6 Å². The zero-order valence-corrected chi connectivity index (χ0v) is 17.3. The van der Waals surface area contributed by atoms with Crippen LogP contribution in [0.2, 0.25) is 0 Å². The predicted molar refractivity (Wildman–Crippen MR) is 113 cm³/mol. The molecule has 0 atom stereocenters. The molecule has 3 rings (SSSR count). The lowest BCUT2D eigenvalue weighted by Gasteiger charge is -2.30. The van der Waals surface area contributed by atoms with Crippen molar-refractivity contribution < 1.29 is 24.4 Å². The second-order valence-electron chi connectivity index (χ2n) is 8.15. The van der Waals surface area contributed by atoms with E-state index in [9.17, 15) is 29.6 Å². The van der Waals surface area contributed by atoms with E-state index in [-0.39, 0.29) is 41.6 Å². The minimum absolute atomic E-state index is 0.0791. The fourth-order valence-corrected chi connectivity index (χ4v) is 3.18. The molecule has 162 valence electrons. The summed E-state index contributed by atoms with van der Waals surface area (Å²) in [6, 6.07) is 7.54. The van der Waals surface area contributed by atoms with Gasteiger partial charge in [0.05, 0.1) is 10.6 Å². The summed E-state index contributed by atoms with van der Waals surface area (Å²) in [5.74, 6) is -1.11. The number of rotatable bonds is 4. The summed E-state index contributed by atoms with van der Waals surface area (Å²) >= 11 is 0. The molecule has 2 aromatic carbocycles. The minimum Gasteiger partial charge on any atom is -0.505 e. The molecule has 0 aromatic heterocycles. The number of hydrogen-bond donors (Lipinski definition) is 3. The quantitative estimate of drug-likeness (QED) is 0.389. The fraction of sp³-hybridized carbons (Fsp3) is 0.286. The Balaban J connectivity index is 1.98. The van der Waals surface area contributed by atoms with E-state index in [0.717, 1.165) is 0 Å². The van der Waals surface area contributed by atoms with Crippen molar-refractivity contribution in [3.63, 3.8) is 0 Å². The van der Waals surface area contributed by atoms with Crippen molar-refractivity contribution in [3.8, 4) is 5.75 Å². The van der Waals surface area contributed by atoms with Crippen molar-refractivity contribution in [2.24, 2.45) is 0 Å². The standard InChI is InChI=1S/C21H22N4O6/c1-21(2,3)15-10-14(24-9-8-17(26)23-20(24)29)11-16(18(15)27)22-19(28)12-4-6-13(7-5-12)25(30)31/h4-7,10-11,27H,8-9H2,1-3H3,(H,22,28)(H,23,26,29). The van der Waals surface area contributed by atoms with Crippen LogP contribution < -0.4 is 15.5 Å². The van der Waals surface area contributed by atoms with E-state index in [1.165, 1.54) is 35.2 Å². The van der Waals surface area contributed by atoms with E-state index in [1.807, 2.05) is 20.8 Å². The first-order chi connectivity index (χ1) is 14.5. The zero-order valence-electron chi connectivity index (χ0n) is 17.3. The Morgan fingerprint density at radius 2 is 1.84 bits per heavy atom. The van der Waals surface area contributed by atoms with E-state index in [0.29, 0.717) is 11.3 Å². The van der Waals surface area contributed by atoms with Gasteiger partial charge < -0.3 is 10.4 Å². The van der Waals surface area contributed by atoms with Crippen molar-refractivity contribution in [1.82, 2.24) is 5.32 Å². The molecule has 0 unspecified atom stereocenters. The van der Waals surface area contributed by atoms with Gasteiger partial charge >= 0.3 is 6.03 Å². The number of phenolic OH excluding ortho intramolecular Hbond substituents is 1. The van der Waals surface area contributed by atoms with Gasteiger partial charge in [0.15, 0.2) is 0 Å². The summed E-state index contributed by atoms with van der Waals surface area (Å²) in [6.07, 6.45) is 0.127. The van der Waals surface area contributed by atoms with Gasteiger partial charge in [-0.3, -0.25) is 29.9 Å². The first kappa shape index (κ1) is 21.8. The lowest BCUT2D eigenvalue weighted by molar-refractivity contribution is -0.384. The number of non-ortho nitro benzene ring substituents is 1. The topological polar surface area (TPSA) is 142 Å². The number of aromatic hydroxyl groups is 1. The van der Waals surface area contributed by atoms with Crippen molar-refractivity contribution in [1.29, 1.82) is 0 Å². The summed E-state index contributed by atoms with van der Waals surface area (Å²) in [5, 5.41) is 26.4. The molecule has 3 N–H and O–H groups in total. The Labute approximate surface area is 178 Å². The summed E-state index contributed by atoms with van der Waals surface area (Å²) in [6.45, 7) is 5.77. The number of nitro groups is 1. The van der Waals surface area contributed by atoms with Gasteiger partial charge in [0.1, 0.15) is 5.75 Å². The molecule has 10 nitrogen and oxygen atoms in total. The highest BCUT2D eigenvalue weighted by atomic mass is 16.6. The van der Waals surface area contributed by atoms with Crippen LogP contribution in [0.5, 0.6) is 5.75 Å². The van der Waals surface area contributed by atoms with E-state index in [1.54, 1.807) is 6.07 Å². The van der Waals surface area contributed by atoms with Crippen LogP contribution in [0.25, 0.3) is 0 Å². The fourth-order valence-electron chi connectivity index (χ4n) is 3.18. The molecule has 2 aromatic rings. The van der Waals surface area contributed by atoms with E-state index in [2.05, 4.69) is 10.6 Å². The van der Waals surface area contributed by atoms with Crippen LogP contribution in [0.3, 0.4) is 0 Å². The molecule has 1 aliphatic rings. The number of amides is 4. The Morgan fingerprint density at radius 1 is 1.19 bits per heavy atom. The molecular weight excluding hydrogens is 404 g/mol. The molecule has 4 amide bonds. The molecule has 0 bridgehead atoms. The lowest BCUT2D eigenvalue weighted by Crippen LogP contribution is -2.49. The zero-order chi connectivity index (χ0) is 22.9. The van der Waals surface area contributed by atoms with E-state index >= 15 is 0 Å². The number of nitrogens with one attached hydrogen (secondary N) is 2. The summed E-state index contributed by atoms with van der Waals surface area (Å²) in [5.41, 5.74) is 0.474. The number of anilines is 2. The summed E-state index contributed by atoms with van der Waals surface area (Å²) in [4.78, 5) is 48.0. The normalized spacial score (nSPS) is 14.2. The van der Waals surface area contributed by atoms with Crippen LogP contribution >= 0.6 is 0 Å². The number of imide groups is 1. The molecule has 1 heterocycles. The molecule has 31 heavy (non-hydrogen) atoms. The van der Waals surface area contributed by atoms with Gasteiger partial charge in [-0.25, -0.2) is 4.79 Å². The van der Waals surface area contributed by atoms with Gasteiger partial charge in [-0.2, -0.15) is 0 Å². The van der Waals surface area contributed by atoms with E-state index in [4.69, 9.17) is 0 Å². The van der Waals surface area contributed by atoms with Crippen LogP contribution in [0.15, 0.2) is 36.4 Å². The summed E-state index contributed by atoms with van der Waals surface area (Å²) in [7, 11) is 0. The van der Waals surface area contributed by atoms with Crippen LogP contribution in [0.1, 0.15) is 43.1 Å². The average Bonchev–Trinajstić information content (AvgIpc) is 2.68. The molecule has 0 spiro atoms. The molecule has 0 saturated carbocycles. The van der Waals surface area contributed by atoms with Crippen LogP contribution in [-0.2, 0) is 10.2 Å². The van der Waals surface area contributed by atoms with Crippen LogP contribution in [-0.4, -0.2) is 34.4 Å². The third-order valence-corrected chi connectivity index (χ3v) is 4.86. The van der Waals surface area contributed by atoms with E-state index < -0.39 is 22.3 Å². The molecular formula is C21H22N4O6. The highest BCUT2D eigenvalue weighted by Crippen LogP contribution is 2.40. The number of benzene rings is 2. The number of carbonyl (C=O) groups excluding carboxylic acids is 3. The van der Waals surface area contributed by atoms with Gasteiger partial charge in [-0.1, -0.05) is 20.8 Å². The number of nitro benzene ring substituents is 1. The highest BCUT2D eigenvalue weighted by molar-refractivity contribution is 6.08. The summed E-state index contributed by atoms with van der Waals surface area (Å²) < 4.78 is 0. The van der Waals surface area contributed by atoms with Gasteiger partial charge in [-0.05, 0) is 29.7 Å². The van der Waals surface area contributed by atoms with Gasteiger partial charge in [0.2, 0.25) is 5.91 Å². The van der Waals surface area contributed by atoms with Crippen molar-refractivity contribution in [2.75, 3.05) is 16.8 Å². The second kappa shape index (κ2) is 8.05. The van der Waals surface area contributed by atoms with Gasteiger partial charge in [0.25, 0.3) is 11.6 Å². The number of urea groups is 1. The van der Waals surface area contributed by atoms with Crippen molar-refractivity contribution in [3.05, 3.63) is 57.6 Å². The number of hydrogen-bond acceptors (Lipinski definition) is 6. The molecule has 0 aliphatic carbocycles. The third-order valence-electron chi connectivity index (χ3n) is 4.86. The molecule has 10 heteroatoms. The second-order valence-corrected chi connectivity index (χ2v) is 8.15. The maximum Gasteiger partial charge on any atom is 0.328 e.